The number of thioether (sulfide) groups is 1. The lowest BCUT2D eigenvalue weighted by Gasteiger charge is -2.09. The quantitative estimate of drug-likeness (QED) is 0.671. The summed E-state index contributed by atoms with van der Waals surface area (Å²) in [6.45, 7) is 4.20. The van der Waals surface area contributed by atoms with Crippen LogP contribution in [-0.4, -0.2) is 13.0 Å². The van der Waals surface area contributed by atoms with Gasteiger partial charge in [0.15, 0.2) is 0 Å². The average molecular weight is 300 g/mol. The second kappa shape index (κ2) is 6.68. The Bertz CT molecular complexity index is 648. The lowest BCUT2D eigenvalue weighted by molar-refractivity contribution is 0.0963. The van der Waals surface area contributed by atoms with Gasteiger partial charge < -0.3 is 11.1 Å². The van der Waals surface area contributed by atoms with Crippen LogP contribution >= 0.6 is 11.8 Å². The molecule has 3 nitrogen and oxygen atoms in total. The van der Waals surface area contributed by atoms with Crippen molar-refractivity contribution in [3.63, 3.8) is 0 Å². The zero-order valence-corrected chi connectivity index (χ0v) is 13.4. The van der Waals surface area contributed by atoms with Crippen molar-refractivity contribution in [3.05, 3.63) is 58.7 Å². The van der Waals surface area contributed by atoms with Gasteiger partial charge in [0, 0.05) is 28.9 Å². The second-order valence-corrected chi connectivity index (χ2v) is 6.13. The first-order valence-electron chi connectivity index (χ1n) is 6.81. The van der Waals surface area contributed by atoms with Crippen molar-refractivity contribution in [2.45, 2.75) is 24.5 Å². The molecule has 2 aromatic carbocycles. The molecular weight excluding hydrogens is 280 g/mol. The van der Waals surface area contributed by atoms with Gasteiger partial charge >= 0.3 is 0 Å². The summed E-state index contributed by atoms with van der Waals surface area (Å²) in [4.78, 5) is 12.6. The van der Waals surface area contributed by atoms with Crippen LogP contribution in [0, 0.1) is 13.8 Å². The van der Waals surface area contributed by atoms with Gasteiger partial charge in [0.2, 0.25) is 0 Å². The Morgan fingerprint density at radius 2 is 1.81 bits per heavy atom. The molecule has 0 aliphatic rings. The number of amides is 1. The van der Waals surface area contributed by atoms with Crippen LogP contribution in [0.1, 0.15) is 27.0 Å². The maximum Gasteiger partial charge on any atom is 0.251 e. The van der Waals surface area contributed by atoms with Crippen molar-refractivity contribution in [1.82, 2.24) is 5.32 Å². The fraction of sp³-hybridized carbons (Fsp3) is 0.235. The monoisotopic (exact) mass is 300 g/mol. The van der Waals surface area contributed by atoms with Gasteiger partial charge in [-0.15, -0.1) is 11.8 Å². The Hall–Kier alpha value is -1.94. The van der Waals surface area contributed by atoms with Gasteiger partial charge in [0.1, 0.15) is 0 Å². The molecule has 0 spiro atoms. The number of carbonyl (C=O) groups excluding carboxylic acids is 1. The van der Waals surface area contributed by atoms with Crippen molar-refractivity contribution in [2.75, 3.05) is 12.8 Å². The molecule has 1 amide bonds. The van der Waals surface area contributed by atoms with Gasteiger partial charge in [0.05, 0.1) is 0 Å². The Morgan fingerprint density at radius 1 is 1.14 bits per heavy atom. The number of benzene rings is 2. The Morgan fingerprint density at radius 3 is 2.43 bits per heavy atom. The number of nitrogens with one attached hydrogen (secondary N) is 1. The fourth-order valence-corrected chi connectivity index (χ4v) is 3.19. The van der Waals surface area contributed by atoms with E-state index in [0.717, 1.165) is 10.6 Å². The number of carbonyl (C=O) groups is 1. The SMILES string of the molecule is CNC(=O)c1ccc(N)c(SCc2cc(C)cc(C)c2)c1. The molecule has 0 heterocycles. The normalized spacial score (nSPS) is 10.4. The Labute approximate surface area is 129 Å². The molecule has 0 aliphatic carbocycles. The summed E-state index contributed by atoms with van der Waals surface area (Å²) in [5.41, 5.74) is 11.1. The topological polar surface area (TPSA) is 55.1 Å². The van der Waals surface area contributed by atoms with E-state index >= 15 is 0 Å². The third-order valence-electron chi connectivity index (χ3n) is 3.18. The first kappa shape index (κ1) is 15.4. The summed E-state index contributed by atoms with van der Waals surface area (Å²) in [5, 5.41) is 2.63. The maximum atomic E-state index is 11.7. The van der Waals surface area contributed by atoms with Crippen molar-refractivity contribution < 1.29 is 4.79 Å². The van der Waals surface area contributed by atoms with Crippen LogP contribution in [0.4, 0.5) is 5.69 Å². The third kappa shape index (κ3) is 4.02. The van der Waals surface area contributed by atoms with Crippen LogP contribution in [0.3, 0.4) is 0 Å². The molecule has 4 heteroatoms. The van der Waals surface area contributed by atoms with Gasteiger partial charge in [-0.25, -0.2) is 0 Å². The molecule has 2 aromatic rings. The first-order chi connectivity index (χ1) is 9.99. The molecule has 0 aliphatic heterocycles. The predicted octanol–water partition coefficient (Wildman–Crippen LogP) is 3.54. The van der Waals surface area contributed by atoms with E-state index in [2.05, 4.69) is 37.4 Å². The summed E-state index contributed by atoms with van der Waals surface area (Å²) in [6, 6.07) is 11.9. The summed E-state index contributed by atoms with van der Waals surface area (Å²) in [5.74, 6) is 0.743. The number of nitrogens with two attached hydrogens (primary N) is 1. The molecule has 110 valence electrons. The van der Waals surface area contributed by atoms with Gasteiger partial charge in [-0.3, -0.25) is 4.79 Å². The van der Waals surface area contributed by atoms with E-state index in [1.165, 1.54) is 16.7 Å². The highest BCUT2D eigenvalue weighted by atomic mass is 32.2. The van der Waals surface area contributed by atoms with Gasteiger partial charge in [0.25, 0.3) is 5.91 Å². The minimum absolute atomic E-state index is 0.0942. The molecule has 0 bridgehead atoms. The molecule has 0 atom stereocenters. The Kier molecular flexibility index (Phi) is 4.91. The lowest BCUT2D eigenvalue weighted by Crippen LogP contribution is -2.17. The number of nitrogen functional groups attached to an aromatic ring is 1. The fourth-order valence-electron chi connectivity index (χ4n) is 2.26. The van der Waals surface area contributed by atoms with Crippen LogP contribution in [-0.2, 0) is 5.75 Å². The first-order valence-corrected chi connectivity index (χ1v) is 7.79. The summed E-state index contributed by atoms with van der Waals surface area (Å²) in [6.07, 6.45) is 0. The molecule has 21 heavy (non-hydrogen) atoms. The molecule has 0 fully saturated rings. The molecule has 0 unspecified atom stereocenters. The van der Waals surface area contributed by atoms with E-state index < -0.39 is 0 Å². The van der Waals surface area contributed by atoms with Crippen molar-refractivity contribution in [3.8, 4) is 0 Å². The molecule has 3 N–H and O–H groups in total. The molecular formula is C17H20N2OS. The van der Waals surface area contributed by atoms with Gasteiger partial charge in [-0.1, -0.05) is 29.3 Å². The molecule has 2 rings (SSSR count). The van der Waals surface area contributed by atoms with Crippen LogP contribution in [0.2, 0.25) is 0 Å². The van der Waals surface area contributed by atoms with Crippen molar-refractivity contribution in [1.29, 1.82) is 0 Å². The third-order valence-corrected chi connectivity index (χ3v) is 4.32. The minimum Gasteiger partial charge on any atom is -0.398 e. The van der Waals surface area contributed by atoms with Crippen LogP contribution < -0.4 is 11.1 Å². The van der Waals surface area contributed by atoms with E-state index in [1.54, 1.807) is 30.9 Å². The predicted molar refractivity (Wildman–Crippen MR) is 89.7 cm³/mol. The zero-order valence-electron chi connectivity index (χ0n) is 12.6. The van der Waals surface area contributed by atoms with Crippen LogP contribution in [0.5, 0.6) is 0 Å². The largest absolute Gasteiger partial charge is 0.398 e. The average Bonchev–Trinajstić information content (AvgIpc) is 2.44. The Balaban J connectivity index is 2.17. The smallest absolute Gasteiger partial charge is 0.251 e. The number of anilines is 1. The zero-order chi connectivity index (χ0) is 15.4. The molecule has 0 saturated carbocycles. The molecule has 0 radical (unpaired) electrons. The minimum atomic E-state index is -0.0942. The number of rotatable bonds is 4. The van der Waals surface area contributed by atoms with Crippen LogP contribution in [0.15, 0.2) is 41.3 Å². The van der Waals surface area contributed by atoms with E-state index in [9.17, 15) is 4.79 Å². The van der Waals surface area contributed by atoms with E-state index in [0.29, 0.717) is 11.3 Å². The molecule has 0 aromatic heterocycles. The highest BCUT2D eigenvalue weighted by Gasteiger charge is 2.08. The number of hydrogen-bond acceptors (Lipinski definition) is 3. The number of hydrogen-bond donors (Lipinski definition) is 2. The maximum absolute atomic E-state index is 11.7. The molecule has 0 saturated heterocycles. The van der Waals surface area contributed by atoms with Gasteiger partial charge in [-0.2, -0.15) is 0 Å². The standard InChI is InChI=1S/C17H20N2OS/c1-11-6-12(2)8-13(7-11)10-21-16-9-14(17(20)19-3)4-5-15(16)18/h4-9H,10,18H2,1-3H3,(H,19,20). The van der Waals surface area contributed by atoms with E-state index in [1.807, 2.05) is 6.07 Å². The van der Waals surface area contributed by atoms with E-state index in [-0.39, 0.29) is 5.91 Å². The summed E-state index contributed by atoms with van der Waals surface area (Å²) >= 11 is 1.65. The highest BCUT2D eigenvalue weighted by Crippen LogP contribution is 2.29. The van der Waals surface area contributed by atoms with Crippen LogP contribution in [0.25, 0.3) is 0 Å². The summed E-state index contributed by atoms with van der Waals surface area (Å²) < 4.78 is 0. The van der Waals surface area contributed by atoms with Gasteiger partial charge in [-0.05, 0) is 37.6 Å². The van der Waals surface area contributed by atoms with Crippen molar-refractivity contribution >= 4 is 23.4 Å². The van der Waals surface area contributed by atoms with Crippen molar-refractivity contribution in [2.24, 2.45) is 0 Å². The second-order valence-electron chi connectivity index (χ2n) is 5.12. The van der Waals surface area contributed by atoms with E-state index in [4.69, 9.17) is 5.73 Å². The highest BCUT2D eigenvalue weighted by molar-refractivity contribution is 7.98. The lowest BCUT2D eigenvalue weighted by atomic mass is 10.1. The number of aryl methyl sites for hydroxylation is 2. The summed E-state index contributed by atoms with van der Waals surface area (Å²) in [7, 11) is 1.63.